The molecule has 0 saturated carbocycles. The highest BCUT2D eigenvalue weighted by Crippen LogP contribution is 2.33. The van der Waals surface area contributed by atoms with Crippen molar-refractivity contribution in [1.82, 2.24) is 0 Å². The summed E-state index contributed by atoms with van der Waals surface area (Å²) in [4.78, 5) is 0. The molecule has 0 aliphatic rings. The second-order valence-electron chi connectivity index (χ2n) is 5.10. The lowest BCUT2D eigenvalue weighted by molar-refractivity contribution is 0.267. The lowest BCUT2D eigenvalue weighted by Gasteiger charge is -2.15. The monoisotopic (exact) mass is 348 g/mol. The standard InChI is InChI=1S/C18H21BrO2/c1-4-20-17-7-5-6-16(11-19)18(17)21-12-15-9-13(2)8-14(3)10-15/h5-10H,4,11-12H2,1-3H3. The topological polar surface area (TPSA) is 18.5 Å². The Hall–Kier alpha value is -1.48. The van der Waals surface area contributed by atoms with Crippen LogP contribution in [0.5, 0.6) is 11.5 Å². The van der Waals surface area contributed by atoms with Gasteiger partial charge in [0, 0.05) is 10.9 Å². The number of aryl methyl sites for hydroxylation is 2. The van der Waals surface area contributed by atoms with Gasteiger partial charge in [-0.1, -0.05) is 57.4 Å². The number of alkyl halides is 1. The molecule has 0 atom stereocenters. The summed E-state index contributed by atoms with van der Waals surface area (Å²) in [5.74, 6) is 1.63. The Bertz CT molecular complexity index is 588. The van der Waals surface area contributed by atoms with E-state index in [0.29, 0.717) is 13.2 Å². The van der Waals surface area contributed by atoms with Crippen molar-refractivity contribution in [2.75, 3.05) is 6.61 Å². The number of hydrogen-bond donors (Lipinski definition) is 0. The summed E-state index contributed by atoms with van der Waals surface area (Å²) in [6.45, 7) is 7.37. The van der Waals surface area contributed by atoms with Crippen molar-refractivity contribution in [1.29, 1.82) is 0 Å². The van der Waals surface area contributed by atoms with E-state index in [1.165, 1.54) is 16.7 Å². The Morgan fingerprint density at radius 1 is 1.00 bits per heavy atom. The van der Waals surface area contributed by atoms with Crippen LogP contribution in [0.15, 0.2) is 36.4 Å². The maximum absolute atomic E-state index is 6.05. The largest absolute Gasteiger partial charge is 0.490 e. The molecule has 2 aromatic carbocycles. The highest BCUT2D eigenvalue weighted by molar-refractivity contribution is 9.08. The van der Waals surface area contributed by atoms with Crippen LogP contribution in [0.4, 0.5) is 0 Å². The first kappa shape index (κ1) is 15.9. The van der Waals surface area contributed by atoms with Crippen molar-refractivity contribution in [3.8, 4) is 11.5 Å². The average molecular weight is 349 g/mol. The number of ether oxygens (including phenoxy) is 2. The zero-order valence-electron chi connectivity index (χ0n) is 12.8. The average Bonchev–Trinajstić information content (AvgIpc) is 2.45. The molecule has 0 aliphatic heterocycles. The third-order valence-electron chi connectivity index (χ3n) is 3.17. The highest BCUT2D eigenvalue weighted by atomic mass is 79.9. The predicted molar refractivity (Wildman–Crippen MR) is 90.5 cm³/mol. The molecule has 0 aromatic heterocycles. The van der Waals surface area contributed by atoms with E-state index < -0.39 is 0 Å². The maximum Gasteiger partial charge on any atom is 0.165 e. The van der Waals surface area contributed by atoms with Gasteiger partial charge in [0.25, 0.3) is 0 Å². The molecule has 0 radical (unpaired) electrons. The second kappa shape index (κ2) is 7.51. The fourth-order valence-corrected chi connectivity index (χ4v) is 2.85. The summed E-state index contributed by atoms with van der Waals surface area (Å²) in [6, 6.07) is 12.5. The molecule has 0 saturated heterocycles. The minimum Gasteiger partial charge on any atom is -0.490 e. The van der Waals surface area contributed by atoms with Crippen LogP contribution in [0.3, 0.4) is 0 Å². The third kappa shape index (κ3) is 4.24. The van der Waals surface area contributed by atoms with Gasteiger partial charge in [-0.2, -0.15) is 0 Å². The van der Waals surface area contributed by atoms with Crippen LogP contribution in [-0.4, -0.2) is 6.61 Å². The molecule has 0 N–H and O–H groups in total. The molecule has 3 heteroatoms. The maximum atomic E-state index is 6.05. The summed E-state index contributed by atoms with van der Waals surface area (Å²) in [5, 5.41) is 0.746. The molecule has 0 aliphatic carbocycles. The van der Waals surface area contributed by atoms with Gasteiger partial charge in [-0.05, 0) is 32.4 Å². The molecule has 2 aromatic rings. The first-order valence-corrected chi connectivity index (χ1v) is 8.26. The van der Waals surface area contributed by atoms with E-state index >= 15 is 0 Å². The molecule has 2 rings (SSSR count). The van der Waals surface area contributed by atoms with Crippen molar-refractivity contribution in [2.24, 2.45) is 0 Å². The van der Waals surface area contributed by atoms with E-state index in [0.717, 1.165) is 22.4 Å². The zero-order valence-corrected chi connectivity index (χ0v) is 14.4. The van der Waals surface area contributed by atoms with Gasteiger partial charge in [-0.3, -0.25) is 0 Å². The van der Waals surface area contributed by atoms with Gasteiger partial charge in [0.05, 0.1) is 6.61 Å². The summed E-state index contributed by atoms with van der Waals surface area (Å²) in [7, 11) is 0. The Kier molecular flexibility index (Phi) is 5.68. The molecule has 0 unspecified atom stereocenters. The van der Waals surface area contributed by atoms with Crippen molar-refractivity contribution < 1.29 is 9.47 Å². The Balaban J connectivity index is 2.22. The lowest BCUT2D eigenvalue weighted by atomic mass is 10.1. The molecule has 112 valence electrons. The SMILES string of the molecule is CCOc1cccc(CBr)c1OCc1cc(C)cc(C)c1. The van der Waals surface area contributed by atoms with Crippen LogP contribution >= 0.6 is 15.9 Å². The molecule has 0 amide bonds. The highest BCUT2D eigenvalue weighted by Gasteiger charge is 2.10. The van der Waals surface area contributed by atoms with Crippen molar-refractivity contribution in [2.45, 2.75) is 32.7 Å². The third-order valence-corrected chi connectivity index (χ3v) is 3.77. The van der Waals surface area contributed by atoms with Crippen LogP contribution < -0.4 is 9.47 Å². The number of hydrogen-bond acceptors (Lipinski definition) is 2. The van der Waals surface area contributed by atoms with Crippen molar-refractivity contribution in [3.05, 3.63) is 58.7 Å². The summed E-state index contributed by atoms with van der Waals surface area (Å²) >= 11 is 3.51. The van der Waals surface area contributed by atoms with E-state index in [1.54, 1.807) is 0 Å². The van der Waals surface area contributed by atoms with Crippen molar-refractivity contribution >= 4 is 15.9 Å². The van der Waals surface area contributed by atoms with Crippen molar-refractivity contribution in [3.63, 3.8) is 0 Å². The normalized spacial score (nSPS) is 10.5. The predicted octanol–water partition coefficient (Wildman–Crippen LogP) is 5.18. The van der Waals surface area contributed by atoms with Gasteiger partial charge in [0.1, 0.15) is 6.61 Å². The van der Waals surface area contributed by atoms with E-state index in [4.69, 9.17) is 9.47 Å². The molecule has 0 fully saturated rings. The lowest BCUT2D eigenvalue weighted by Crippen LogP contribution is -2.02. The molecule has 0 spiro atoms. The number of halogens is 1. The minimum atomic E-state index is 0.548. The van der Waals surface area contributed by atoms with Crippen LogP contribution in [0, 0.1) is 13.8 Å². The van der Waals surface area contributed by atoms with Crippen LogP contribution in [0.1, 0.15) is 29.2 Å². The Morgan fingerprint density at radius 2 is 1.71 bits per heavy atom. The molecular formula is C18H21BrO2. The van der Waals surface area contributed by atoms with Gasteiger partial charge >= 0.3 is 0 Å². The Morgan fingerprint density at radius 3 is 2.33 bits per heavy atom. The molecular weight excluding hydrogens is 328 g/mol. The minimum absolute atomic E-state index is 0.548. The van der Waals surface area contributed by atoms with Gasteiger partial charge in [-0.25, -0.2) is 0 Å². The summed E-state index contributed by atoms with van der Waals surface area (Å²) in [5.41, 5.74) is 4.80. The second-order valence-corrected chi connectivity index (χ2v) is 5.66. The van der Waals surface area contributed by atoms with Gasteiger partial charge < -0.3 is 9.47 Å². The fourth-order valence-electron chi connectivity index (χ4n) is 2.41. The zero-order chi connectivity index (χ0) is 15.2. The van der Waals surface area contributed by atoms with E-state index in [2.05, 4.69) is 48.0 Å². The number of benzene rings is 2. The van der Waals surface area contributed by atoms with E-state index in [-0.39, 0.29) is 0 Å². The van der Waals surface area contributed by atoms with E-state index in [1.807, 2.05) is 25.1 Å². The fraction of sp³-hybridized carbons (Fsp3) is 0.333. The quantitative estimate of drug-likeness (QED) is 0.670. The van der Waals surface area contributed by atoms with Gasteiger partial charge in [-0.15, -0.1) is 0 Å². The van der Waals surface area contributed by atoms with Crippen LogP contribution in [0.25, 0.3) is 0 Å². The Labute approximate surface area is 135 Å². The van der Waals surface area contributed by atoms with E-state index in [9.17, 15) is 0 Å². The van der Waals surface area contributed by atoms with Crippen LogP contribution in [-0.2, 0) is 11.9 Å². The first-order valence-electron chi connectivity index (χ1n) is 7.14. The molecule has 0 heterocycles. The number of rotatable bonds is 6. The molecule has 2 nitrogen and oxygen atoms in total. The smallest absolute Gasteiger partial charge is 0.165 e. The van der Waals surface area contributed by atoms with Gasteiger partial charge in [0.15, 0.2) is 11.5 Å². The van der Waals surface area contributed by atoms with Gasteiger partial charge in [0.2, 0.25) is 0 Å². The summed E-state index contributed by atoms with van der Waals surface area (Å²) in [6.07, 6.45) is 0. The van der Waals surface area contributed by atoms with Crippen LogP contribution in [0.2, 0.25) is 0 Å². The first-order chi connectivity index (χ1) is 10.1. The molecule has 0 bridgehead atoms. The molecule has 21 heavy (non-hydrogen) atoms. The summed E-state index contributed by atoms with van der Waals surface area (Å²) < 4.78 is 11.7. The number of para-hydroxylation sites is 1.